The van der Waals surface area contributed by atoms with Gasteiger partial charge in [0.2, 0.25) is 5.89 Å². The molecule has 0 aliphatic rings. The van der Waals surface area contributed by atoms with E-state index in [1.807, 2.05) is 47.7 Å². The summed E-state index contributed by atoms with van der Waals surface area (Å²) < 4.78 is 15.4. The number of aromatic nitrogens is 1. The van der Waals surface area contributed by atoms with Crippen molar-refractivity contribution in [2.24, 2.45) is 0 Å². The average molecular weight is 711 g/mol. The number of hydrogen-bond donors (Lipinski definition) is 0. The Hall–Kier alpha value is -6.95. The minimum atomic E-state index is 0.584. The molecule has 0 saturated heterocycles. The van der Waals surface area contributed by atoms with E-state index in [1.165, 1.54) is 36.9 Å². The van der Waals surface area contributed by atoms with Crippen molar-refractivity contribution in [2.45, 2.75) is 0 Å². The second-order valence-corrected chi connectivity index (χ2v) is 14.6. The molecule has 0 N–H and O–H groups in total. The zero-order valence-electron chi connectivity index (χ0n) is 28.9. The number of fused-ring (bicyclic) bond motifs is 7. The highest BCUT2D eigenvalue weighted by Gasteiger charge is 2.21. The Morgan fingerprint density at radius 3 is 2.00 bits per heavy atom. The Morgan fingerprint density at radius 1 is 0.444 bits per heavy atom. The van der Waals surface area contributed by atoms with Gasteiger partial charge in [0.1, 0.15) is 16.7 Å². The summed E-state index contributed by atoms with van der Waals surface area (Å²) in [7, 11) is 0. The summed E-state index contributed by atoms with van der Waals surface area (Å²) in [6.07, 6.45) is 0. The van der Waals surface area contributed by atoms with Crippen molar-refractivity contribution in [1.82, 2.24) is 4.98 Å². The molecule has 0 aliphatic carbocycles. The molecule has 0 spiro atoms. The molecule has 0 aliphatic heterocycles. The topological polar surface area (TPSA) is 42.4 Å². The number of hydrogen-bond acceptors (Lipinski definition) is 5. The summed E-state index contributed by atoms with van der Waals surface area (Å²) in [5.74, 6) is 0.584. The van der Waals surface area contributed by atoms with Gasteiger partial charge in [0.25, 0.3) is 0 Å². The predicted molar refractivity (Wildman–Crippen MR) is 225 cm³/mol. The molecule has 11 rings (SSSR count). The smallest absolute Gasteiger partial charge is 0.228 e. The number of furan rings is 1. The van der Waals surface area contributed by atoms with E-state index in [0.717, 1.165) is 61.2 Å². The first-order valence-corrected chi connectivity index (χ1v) is 18.8. The van der Waals surface area contributed by atoms with Crippen LogP contribution in [0, 0.1) is 0 Å². The lowest BCUT2D eigenvalue weighted by molar-refractivity contribution is 0.620. The molecule has 3 heterocycles. The molecule has 11 aromatic rings. The number of para-hydroxylation sites is 2. The first kappa shape index (κ1) is 30.7. The van der Waals surface area contributed by atoms with Crippen LogP contribution < -0.4 is 4.90 Å². The highest BCUT2D eigenvalue weighted by molar-refractivity contribution is 7.26. The molecule has 0 bridgehead atoms. The van der Waals surface area contributed by atoms with Crippen LogP contribution in [0.25, 0.3) is 86.9 Å². The van der Waals surface area contributed by atoms with Gasteiger partial charge >= 0.3 is 0 Å². The minimum Gasteiger partial charge on any atom is -0.456 e. The zero-order chi connectivity index (χ0) is 35.6. The molecule has 254 valence electrons. The van der Waals surface area contributed by atoms with Crippen LogP contribution in [0.15, 0.2) is 191 Å². The van der Waals surface area contributed by atoms with Gasteiger partial charge in [0, 0.05) is 49.2 Å². The van der Waals surface area contributed by atoms with Crippen LogP contribution in [0.3, 0.4) is 0 Å². The summed E-state index contributed by atoms with van der Waals surface area (Å²) in [5.41, 5.74) is 12.0. The predicted octanol–water partition coefficient (Wildman–Crippen LogP) is 14.6. The number of rotatable bonds is 6. The van der Waals surface area contributed by atoms with Gasteiger partial charge in [0.05, 0.1) is 10.4 Å². The minimum absolute atomic E-state index is 0.584. The Balaban J connectivity index is 1.07. The van der Waals surface area contributed by atoms with E-state index in [2.05, 4.69) is 150 Å². The molecule has 54 heavy (non-hydrogen) atoms. The molecular weight excluding hydrogens is 681 g/mol. The Morgan fingerprint density at radius 2 is 1.13 bits per heavy atom. The van der Waals surface area contributed by atoms with Crippen LogP contribution in [-0.2, 0) is 0 Å². The normalized spacial score (nSPS) is 11.7. The molecule has 0 saturated carbocycles. The molecule has 8 aromatic carbocycles. The number of thiophene rings is 1. The molecule has 0 unspecified atom stereocenters. The lowest BCUT2D eigenvalue weighted by atomic mass is 9.99. The van der Waals surface area contributed by atoms with E-state index in [1.54, 1.807) is 0 Å². The van der Waals surface area contributed by atoms with Crippen LogP contribution in [0.1, 0.15) is 0 Å². The van der Waals surface area contributed by atoms with Crippen molar-refractivity contribution in [3.05, 3.63) is 182 Å². The Labute approximate surface area is 314 Å². The van der Waals surface area contributed by atoms with Crippen LogP contribution >= 0.6 is 11.3 Å². The lowest BCUT2D eigenvalue weighted by Gasteiger charge is -2.26. The van der Waals surface area contributed by atoms with E-state index in [0.29, 0.717) is 5.89 Å². The fraction of sp³-hybridized carbons (Fsp3) is 0. The quantitative estimate of drug-likeness (QED) is 0.172. The fourth-order valence-corrected chi connectivity index (χ4v) is 8.97. The van der Waals surface area contributed by atoms with E-state index < -0.39 is 0 Å². The van der Waals surface area contributed by atoms with Gasteiger partial charge in [-0.2, -0.15) is 0 Å². The number of nitrogens with zero attached hydrogens (tertiary/aromatic N) is 2. The van der Waals surface area contributed by atoms with Gasteiger partial charge in [-0.05, 0) is 89.0 Å². The van der Waals surface area contributed by atoms with E-state index in [4.69, 9.17) is 13.8 Å². The van der Waals surface area contributed by atoms with Crippen molar-refractivity contribution in [3.8, 4) is 33.7 Å². The fourth-order valence-electron chi connectivity index (χ4n) is 7.77. The summed E-state index contributed by atoms with van der Waals surface area (Å²) >= 11 is 1.83. The summed E-state index contributed by atoms with van der Waals surface area (Å²) in [4.78, 5) is 7.18. The molecule has 0 atom stereocenters. The third-order valence-electron chi connectivity index (χ3n) is 10.3. The van der Waals surface area contributed by atoms with Crippen molar-refractivity contribution < 1.29 is 8.83 Å². The molecule has 0 radical (unpaired) electrons. The molecule has 0 amide bonds. The van der Waals surface area contributed by atoms with Crippen molar-refractivity contribution >= 4 is 81.6 Å². The van der Waals surface area contributed by atoms with Crippen molar-refractivity contribution in [3.63, 3.8) is 0 Å². The molecular formula is C49H30N2O2S. The molecule has 5 heteroatoms. The van der Waals surface area contributed by atoms with Crippen LogP contribution in [0.5, 0.6) is 0 Å². The number of oxazole rings is 1. The average Bonchev–Trinajstić information content (AvgIpc) is 3.95. The first-order valence-electron chi connectivity index (χ1n) is 18.0. The Bertz CT molecular complexity index is 3140. The van der Waals surface area contributed by atoms with Crippen LogP contribution in [-0.4, -0.2) is 4.98 Å². The molecule has 4 nitrogen and oxygen atoms in total. The van der Waals surface area contributed by atoms with Gasteiger partial charge in [-0.15, -0.1) is 11.3 Å². The maximum Gasteiger partial charge on any atom is 0.228 e. The SMILES string of the molecule is c1ccc(-c2cccc(-c3ccc(N(c4ccc5c(c4)oc4cccc(-c6nc7ccccc7o6)c45)c4cccc5c4sc4ccccc45)cc3)c2)cc1. The maximum atomic E-state index is 6.62. The Kier molecular flexibility index (Phi) is 7.00. The third kappa shape index (κ3) is 5.01. The van der Waals surface area contributed by atoms with Crippen molar-refractivity contribution in [2.75, 3.05) is 4.90 Å². The maximum absolute atomic E-state index is 6.62. The molecule has 3 aromatic heterocycles. The van der Waals surface area contributed by atoms with E-state index >= 15 is 0 Å². The van der Waals surface area contributed by atoms with Crippen LogP contribution in [0.4, 0.5) is 17.1 Å². The summed E-state index contributed by atoms with van der Waals surface area (Å²) in [6.45, 7) is 0. The van der Waals surface area contributed by atoms with Gasteiger partial charge in [-0.1, -0.05) is 109 Å². The van der Waals surface area contributed by atoms with Crippen LogP contribution in [0.2, 0.25) is 0 Å². The highest BCUT2D eigenvalue weighted by Crippen LogP contribution is 2.46. The highest BCUT2D eigenvalue weighted by atomic mass is 32.1. The second-order valence-electron chi connectivity index (χ2n) is 13.5. The third-order valence-corrected chi connectivity index (χ3v) is 11.5. The lowest BCUT2D eigenvalue weighted by Crippen LogP contribution is -2.10. The largest absolute Gasteiger partial charge is 0.456 e. The van der Waals surface area contributed by atoms with Gasteiger partial charge in [0.15, 0.2) is 5.58 Å². The van der Waals surface area contributed by atoms with Gasteiger partial charge in [-0.25, -0.2) is 4.98 Å². The second kappa shape index (κ2) is 12.3. The van der Waals surface area contributed by atoms with E-state index in [-0.39, 0.29) is 0 Å². The first-order chi connectivity index (χ1) is 26.7. The zero-order valence-corrected chi connectivity index (χ0v) is 29.8. The van der Waals surface area contributed by atoms with Gasteiger partial charge < -0.3 is 13.7 Å². The van der Waals surface area contributed by atoms with Crippen molar-refractivity contribution in [1.29, 1.82) is 0 Å². The standard InChI is InChI=1S/C49H30N2O2S/c1-2-11-31(12-3-1)33-13-8-14-34(29-33)32-23-25-35(26-24-32)51(42-19-9-16-38-37-15-4-7-22-46(37)54-48(38)42)36-27-28-39-45(30-36)52-44-21-10-17-40(47(39)44)49-50-41-18-5-6-20-43(41)53-49/h1-30H. The summed E-state index contributed by atoms with van der Waals surface area (Å²) in [5, 5.41) is 4.53. The monoisotopic (exact) mass is 710 g/mol. The van der Waals surface area contributed by atoms with Gasteiger partial charge in [-0.3, -0.25) is 0 Å². The molecule has 0 fully saturated rings. The summed E-state index contributed by atoms with van der Waals surface area (Å²) in [6, 6.07) is 64.0. The van der Waals surface area contributed by atoms with E-state index in [9.17, 15) is 0 Å². The number of anilines is 3. The number of benzene rings is 8.